The van der Waals surface area contributed by atoms with E-state index < -0.39 is 0 Å². The topological polar surface area (TPSA) is 32.3 Å². The van der Waals surface area contributed by atoms with Crippen LogP contribution in [-0.4, -0.2) is 19.0 Å². The highest BCUT2D eigenvalue weighted by atomic mass is 79.9. The summed E-state index contributed by atoms with van der Waals surface area (Å²) < 4.78 is 1.92. The van der Waals surface area contributed by atoms with Gasteiger partial charge in [-0.15, -0.1) is 0 Å². The minimum Gasteiger partial charge on any atom is -0.372 e. The summed E-state index contributed by atoms with van der Waals surface area (Å²) in [5, 5.41) is 3.17. The van der Waals surface area contributed by atoms with Crippen molar-refractivity contribution in [3.8, 4) is 0 Å². The van der Waals surface area contributed by atoms with Gasteiger partial charge in [0.05, 0.1) is 11.4 Å². The SMILES string of the molecule is C[C@H]1Nc2cc(Br)c(Br)cc2N(C)C1=O. The zero-order chi connectivity index (χ0) is 11.2. The molecule has 1 aliphatic heterocycles. The minimum atomic E-state index is -0.171. The van der Waals surface area contributed by atoms with Crippen molar-refractivity contribution in [1.29, 1.82) is 0 Å². The number of carbonyl (C=O) groups is 1. The monoisotopic (exact) mass is 332 g/mol. The van der Waals surface area contributed by atoms with Crippen LogP contribution in [0.5, 0.6) is 0 Å². The Bertz CT molecular complexity index is 434. The molecule has 0 aromatic heterocycles. The molecule has 0 bridgehead atoms. The van der Waals surface area contributed by atoms with Gasteiger partial charge in [-0.25, -0.2) is 0 Å². The Hall–Kier alpha value is -0.550. The van der Waals surface area contributed by atoms with Crippen molar-refractivity contribution in [3.05, 3.63) is 21.1 Å². The molecule has 0 saturated heterocycles. The fourth-order valence-corrected chi connectivity index (χ4v) is 2.31. The second kappa shape index (κ2) is 3.79. The van der Waals surface area contributed by atoms with Crippen molar-refractivity contribution in [2.75, 3.05) is 17.3 Å². The first-order chi connectivity index (χ1) is 7.00. The molecule has 1 N–H and O–H groups in total. The summed E-state index contributed by atoms with van der Waals surface area (Å²) in [6.45, 7) is 1.86. The molecule has 0 saturated carbocycles. The number of likely N-dealkylation sites (N-methyl/N-ethyl adjacent to an activating group) is 1. The van der Waals surface area contributed by atoms with Crippen LogP contribution in [0.15, 0.2) is 21.1 Å². The molecule has 0 spiro atoms. The Balaban J connectivity index is 2.56. The number of rotatable bonds is 0. The normalized spacial score (nSPS) is 19.9. The Morgan fingerprint density at radius 2 is 1.93 bits per heavy atom. The highest BCUT2D eigenvalue weighted by Gasteiger charge is 2.27. The lowest BCUT2D eigenvalue weighted by Gasteiger charge is -2.31. The van der Waals surface area contributed by atoms with Gasteiger partial charge in [-0.3, -0.25) is 4.79 Å². The molecule has 1 heterocycles. The highest BCUT2D eigenvalue weighted by molar-refractivity contribution is 9.13. The average molecular weight is 334 g/mol. The summed E-state index contributed by atoms with van der Waals surface area (Å²) in [5.74, 6) is 0.0803. The molecule has 0 radical (unpaired) electrons. The molecule has 1 amide bonds. The maximum atomic E-state index is 11.7. The zero-order valence-electron chi connectivity index (χ0n) is 8.34. The van der Waals surface area contributed by atoms with Gasteiger partial charge < -0.3 is 10.2 Å². The number of amides is 1. The minimum absolute atomic E-state index is 0.0803. The smallest absolute Gasteiger partial charge is 0.248 e. The van der Waals surface area contributed by atoms with Crippen molar-refractivity contribution >= 4 is 49.1 Å². The summed E-state index contributed by atoms with van der Waals surface area (Å²) in [6.07, 6.45) is 0. The lowest BCUT2D eigenvalue weighted by atomic mass is 10.1. The predicted molar refractivity (Wildman–Crippen MR) is 68.3 cm³/mol. The zero-order valence-corrected chi connectivity index (χ0v) is 11.5. The van der Waals surface area contributed by atoms with Crippen LogP contribution in [0.25, 0.3) is 0 Å². The van der Waals surface area contributed by atoms with Crippen LogP contribution in [-0.2, 0) is 4.79 Å². The molecule has 1 atom stereocenters. The fraction of sp³-hybridized carbons (Fsp3) is 0.300. The van der Waals surface area contributed by atoms with Gasteiger partial charge >= 0.3 is 0 Å². The van der Waals surface area contributed by atoms with Crippen LogP contribution < -0.4 is 10.2 Å². The molecule has 1 aromatic rings. The van der Waals surface area contributed by atoms with Crippen LogP contribution in [0.2, 0.25) is 0 Å². The summed E-state index contributed by atoms with van der Waals surface area (Å²) in [6, 6.07) is 3.73. The fourth-order valence-electron chi connectivity index (χ4n) is 1.63. The third-order valence-electron chi connectivity index (χ3n) is 2.47. The number of anilines is 2. The number of halogens is 2. The van der Waals surface area contributed by atoms with Crippen LogP contribution >= 0.6 is 31.9 Å². The van der Waals surface area contributed by atoms with Crippen molar-refractivity contribution in [2.24, 2.45) is 0 Å². The molecule has 0 unspecified atom stereocenters. The maximum Gasteiger partial charge on any atom is 0.248 e. The molecule has 0 fully saturated rings. The molecule has 15 heavy (non-hydrogen) atoms. The molecule has 0 aliphatic carbocycles. The largest absolute Gasteiger partial charge is 0.372 e. The molecular weight excluding hydrogens is 324 g/mol. The van der Waals surface area contributed by atoms with Crippen LogP contribution in [0.1, 0.15) is 6.92 Å². The van der Waals surface area contributed by atoms with E-state index in [0.717, 1.165) is 20.3 Å². The third-order valence-corrected chi connectivity index (χ3v) is 4.32. The highest BCUT2D eigenvalue weighted by Crippen LogP contribution is 2.37. The van der Waals surface area contributed by atoms with Crippen molar-refractivity contribution in [3.63, 3.8) is 0 Å². The molecular formula is C10H10Br2N2O. The number of benzene rings is 1. The summed E-state index contributed by atoms with van der Waals surface area (Å²) in [4.78, 5) is 13.4. The summed E-state index contributed by atoms with van der Waals surface area (Å²) in [5.41, 5.74) is 1.87. The van der Waals surface area contributed by atoms with Gasteiger partial charge in [0.2, 0.25) is 5.91 Å². The molecule has 1 aromatic carbocycles. The van der Waals surface area contributed by atoms with E-state index in [1.807, 2.05) is 19.1 Å². The number of hydrogen-bond acceptors (Lipinski definition) is 2. The van der Waals surface area contributed by atoms with E-state index in [0.29, 0.717) is 0 Å². The van der Waals surface area contributed by atoms with Gasteiger partial charge in [0.15, 0.2) is 0 Å². The first kappa shape index (κ1) is 11.0. The molecule has 2 rings (SSSR count). The molecule has 1 aliphatic rings. The Morgan fingerprint density at radius 1 is 1.33 bits per heavy atom. The van der Waals surface area contributed by atoms with Gasteiger partial charge in [0.1, 0.15) is 6.04 Å². The Morgan fingerprint density at radius 3 is 2.60 bits per heavy atom. The van der Waals surface area contributed by atoms with Gasteiger partial charge in [-0.1, -0.05) is 0 Å². The van der Waals surface area contributed by atoms with E-state index >= 15 is 0 Å². The maximum absolute atomic E-state index is 11.7. The summed E-state index contributed by atoms with van der Waals surface area (Å²) in [7, 11) is 1.79. The van der Waals surface area contributed by atoms with Gasteiger partial charge in [0.25, 0.3) is 0 Å². The second-order valence-electron chi connectivity index (χ2n) is 3.55. The van der Waals surface area contributed by atoms with E-state index in [2.05, 4.69) is 37.2 Å². The molecule has 3 nitrogen and oxygen atoms in total. The summed E-state index contributed by atoms with van der Waals surface area (Å²) >= 11 is 6.86. The van der Waals surface area contributed by atoms with E-state index in [9.17, 15) is 4.79 Å². The number of fused-ring (bicyclic) bond motifs is 1. The van der Waals surface area contributed by atoms with Crippen LogP contribution in [0.4, 0.5) is 11.4 Å². The first-order valence-corrected chi connectivity index (χ1v) is 6.12. The van der Waals surface area contributed by atoms with E-state index in [1.54, 1.807) is 11.9 Å². The first-order valence-electron chi connectivity index (χ1n) is 4.54. The van der Waals surface area contributed by atoms with Crippen molar-refractivity contribution in [1.82, 2.24) is 0 Å². The van der Waals surface area contributed by atoms with Gasteiger partial charge in [-0.2, -0.15) is 0 Å². The Labute approximate surface area is 105 Å². The number of carbonyl (C=O) groups excluding carboxylic acids is 1. The van der Waals surface area contributed by atoms with Gasteiger partial charge in [0, 0.05) is 16.0 Å². The van der Waals surface area contributed by atoms with E-state index in [1.165, 1.54) is 0 Å². The second-order valence-corrected chi connectivity index (χ2v) is 5.26. The lowest BCUT2D eigenvalue weighted by molar-refractivity contribution is -0.118. The average Bonchev–Trinajstić information content (AvgIpc) is 2.19. The van der Waals surface area contributed by atoms with Gasteiger partial charge in [-0.05, 0) is 50.9 Å². The lowest BCUT2D eigenvalue weighted by Crippen LogP contribution is -2.43. The van der Waals surface area contributed by atoms with E-state index in [4.69, 9.17) is 0 Å². The molecule has 80 valence electrons. The predicted octanol–water partition coefficient (Wildman–Crippen LogP) is 2.99. The van der Waals surface area contributed by atoms with Crippen molar-refractivity contribution in [2.45, 2.75) is 13.0 Å². The third kappa shape index (κ3) is 1.78. The van der Waals surface area contributed by atoms with Crippen LogP contribution in [0.3, 0.4) is 0 Å². The Kier molecular flexibility index (Phi) is 2.77. The van der Waals surface area contributed by atoms with E-state index in [-0.39, 0.29) is 11.9 Å². The standard InChI is InChI=1S/C10H10Br2N2O/c1-5-10(15)14(2)9-4-7(12)6(11)3-8(9)13-5/h3-5,13H,1-2H3/t5-/m1/s1. The van der Waals surface area contributed by atoms with Crippen molar-refractivity contribution < 1.29 is 4.79 Å². The number of nitrogens with zero attached hydrogens (tertiary/aromatic N) is 1. The number of nitrogens with one attached hydrogen (secondary N) is 1. The quantitative estimate of drug-likeness (QED) is 0.791. The molecule has 5 heteroatoms. The number of hydrogen-bond donors (Lipinski definition) is 1. The van der Waals surface area contributed by atoms with Crippen LogP contribution in [0, 0.1) is 0 Å².